The molecule has 5 heteroatoms. The second kappa shape index (κ2) is 4.43. The molecule has 0 aliphatic rings. The maximum atomic E-state index is 5.75. The Hall–Kier alpha value is -0.450. The fourth-order valence-electron chi connectivity index (χ4n) is 0.511. The van der Waals surface area contributed by atoms with E-state index in [-0.39, 0.29) is 0 Å². The first-order chi connectivity index (χ1) is 5.34. The molecule has 60 valence electrons. The molecule has 3 nitrogen and oxygen atoms in total. The summed E-state index contributed by atoms with van der Waals surface area (Å²) < 4.78 is 7.85. The molecule has 0 aliphatic heterocycles. The highest BCUT2D eigenvalue weighted by Crippen LogP contribution is 2.23. The summed E-state index contributed by atoms with van der Waals surface area (Å²) in [7, 11) is 1.76. The quantitative estimate of drug-likeness (QED) is 0.583. The number of hydrogen-bond donors (Lipinski definition) is 1. The minimum atomic E-state index is 0.558. The minimum Gasteiger partial charge on any atom is -0.406 e. The summed E-state index contributed by atoms with van der Waals surface area (Å²) in [6.07, 6.45) is 3.17. The number of pyridine rings is 1. The van der Waals surface area contributed by atoms with Gasteiger partial charge >= 0.3 is 0 Å². The molecular weight excluding hydrogens is 184 g/mol. The molecule has 1 aromatic rings. The van der Waals surface area contributed by atoms with Crippen LogP contribution in [-0.4, -0.2) is 12.0 Å². The Balaban J connectivity index is 2.62. The van der Waals surface area contributed by atoms with Crippen LogP contribution in [0, 0.1) is 0 Å². The van der Waals surface area contributed by atoms with Crippen molar-refractivity contribution in [3.05, 3.63) is 23.5 Å². The summed E-state index contributed by atoms with van der Waals surface area (Å²) in [4.78, 5) is 3.85. The van der Waals surface area contributed by atoms with Crippen LogP contribution in [0.3, 0.4) is 0 Å². The first-order valence-corrected chi connectivity index (χ1v) is 4.06. The zero-order valence-electron chi connectivity index (χ0n) is 5.87. The summed E-state index contributed by atoms with van der Waals surface area (Å²) in [6.45, 7) is 0. The van der Waals surface area contributed by atoms with Crippen molar-refractivity contribution in [2.45, 2.75) is 0 Å². The Labute approximate surface area is 74.5 Å². The second-order valence-electron chi connectivity index (χ2n) is 1.68. The molecule has 0 atom stereocenters. The van der Waals surface area contributed by atoms with E-state index in [2.05, 4.69) is 9.71 Å². The van der Waals surface area contributed by atoms with Crippen LogP contribution in [0.4, 0.5) is 0 Å². The Morgan fingerprint density at radius 2 is 2.55 bits per heavy atom. The van der Waals surface area contributed by atoms with E-state index >= 15 is 0 Å². The first kappa shape index (κ1) is 8.64. The largest absolute Gasteiger partial charge is 0.406 e. The van der Waals surface area contributed by atoms with Gasteiger partial charge in [0.15, 0.2) is 5.75 Å². The number of rotatable bonds is 3. The van der Waals surface area contributed by atoms with E-state index in [0.29, 0.717) is 10.8 Å². The Morgan fingerprint density at radius 3 is 3.18 bits per heavy atom. The zero-order chi connectivity index (χ0) is 8.10. The highest BCUT2D eigenvalue weighted by molar-refractivity contribution is 7.93. The van der Waals surface area contributed by atoms with Crippen LogP contribution in [0.5, 0.6) is 5.75 Å². The number of aromatic nitrogens is 1. The molecule has 0 bridgehead atoms. The van der Waals surface area contributed by atoms with Crippen LogP contribution in [0.15, 0.2) is 18.5 Å². The fourth-order valence-corrected chi connectivity index (χ4v) is 1.01. The van der Waals surface area contributed by atoms with E-state index in [0.717, 1.165) is 12.2 Å². The van der Waals surface area contributed by atoms with Crippen LogP contribution in [0.2, 0.25) is 5.02 Å². The Kier molecular flexibility index (Phi) is 3.48. The zero-order valence-corrected chi connectivity index (χ0v) is 7.45. The topological polar surface area (TPSA) is 34.1 Å². The van der Waals surface area contributed by atoms with Gasteiger partial charge in [-0.25, -0.2) is 4.72 Å². The van der Waals surface area contributed by atoms with Gasteiger partial charge in [-0.05, 0) is 13.1 Å². The van der Waals surface area contributed by atoms with Crippen LogP contribution < -0.4 is 8.91 Å². The summed E-state index contributed by atoms with van der Waals surface area (Å²) >= 11 is 6.85. The average molecular weight is 191 g/mol. The van der Waals surface area contributed by atoms with Gasteiger partial charge in [0.1, 0.15) is 12.2 Å². The normalized spacial score (nSPS) is 9.64. The standard InChI is InChI=1S/C6H7ClN2OS/c1-8-11-10-6-4-9-3-2-5(6)7/h2-4,8H,1H3. The molecule has 0 spiro atoms. The molecular formula is C6H7ClN2OS. The van der Waals surface area contributed by atoms with Gasteiger partial charge in [-0.1, -0.05) is 11.6 Å². The van der Waals surface area contributed by atoms with Crippen molar-refractivity contribution < 1.29 is 4.18 Å². The highest BCUT2D eigenvalue weighted by Gasteiger charge is 1.99. The third-order valence-electron chi connectivity index (χ3n) is 0.949. The van der Waals surface area contributed by atoms with Crippen molar-refractivity contribution in [1.82, 2.24) is 9.71 Å². The summed E-state index contributed by atoms with van der Waals surface area (Å²) in [5.41, 5.74) is 0. The maximum absolute atomic E-state index is 5.75. The summed E-state index contributed by atoms with van der Waals surface area (Å²) in [6, 6.07) is 1.67. The van der Waals surface area contributed by atoms with Crippen LogP contribution >= 0.6 is 23.8 Å². The smallest absolute Gasteiger partial charge is 0.176 e. The first-order valence-electron chi connectivity index (χ1n) is 2.94. The predicted molar refractivity (Wildman–Crippen MR) is 46.5 cm³/mol. The molecule has 0 saturated heterocycles. The van der Waals surface area contributed by atoms with E-state index in [9.17, 15) is 0 Å². The number of nitrogens with one attached hydrogen (secondary N) is 1. The number of hydrogen-bond acceptors (Lipinski definition) is 4. The summed E-state index contributed by atoms with van der Waals surface area (Å²) in [5, 5.41) is 0.558. The Bertz CT molecular complexity index is 234. The van der Waals surface area contributed by atoms with Crippen molar-refractivity contribution in [3.8, 4) is 5.75 Å². The lowest BCUT2D eigenvalue weighted by molar-refractivity contribution is 0.636. The Morgan fingerprint density at radius 1 is 1.73 bits per heavy atom. The van der Waals surface area contributed by atoms with E-state index in [1.807, 2.05) is 0 Å². The molecule has 0 aliphatic carbocycles. The van der Waals surface area contributed by atoms with Crippen LogP contribution in [-0.2, 0) is 0 Å². The van der Waals surface area contributed by atoms with E-state index < -0.39 is 0 Å². The number of halogens is 1. The van der Waals surface area contributed by atoms with Crippen molar-refractivity contribution >= 4 is 23.8 Å². The molecule has 1 aromatic heterocycles. The van der Waals surface area contributed by atoms with E-state index in [1.165, 1.54) is 0 Å². The lowest BCUT2D eigenvalue weighted by Crippen LogP contribution is -1.95. The maximum Gasteiger partial charge on any atom is 0.176 e. The molecule has 1 heterocycles. The lowest BCUT2D eigenvalue weighted by Gasteiger charge is -2.01. The van der Waals surface area contributed by atoms with Gasteiger partial charge in [-0.2, -0.15) is 0 Å². The molecule has 0 unspecified atom stereocenters. The van der Waals surface area contributed by atoms with Gasteiger partial charge in [0, 0.05) is 6.20 Å². The molecule has 1 rings (SSSR count). The van der Waals surface area contributed by atoms with Gasteiger partial charge < -0.3 is 4.18 Å². The molecule has 0 amide bonds. The number of nitrogens with zero attached hydrogens (tertiary/aromatic N) is 1. The third kappa shape index (κ3) is 2.57. The van der Waals surface area contributed by atoms with Crippen LogP contribution in [0.25, 0.3) is 0 Å². The van der Waals surface area contributed by atoms with Gasteiger partial charge in [-0.15, -0.1) is 0 Å². The minimum absolute atomic E-state index is 0.558. The van der Waals surface area contributed by atoms with Gasteiger partial charge in [0.05, 0.1) is 11.2 Å². The van der Waals surface area contributed by atoms with Crippen molar-refractivity contribution in [2.24, 2.45) is 0 Å². The monoisotopic (exact) mass is 190 g/mol. The van der Waals surface area contributed by atoms with Gasteiger partial charge in [-0.3, -0.25) is 4.98 Å². The van der Waals surface area contributed by atoms with Crippen molar-refractivity contribution in [3.63, 3.8) is 0 Å². The molecule has 0 radical (unpaired) electrons. The van der Waals surface area contributed by atoms with Gasteiger partial charge in [0.25, 0.3) is 0 Å². The summed E-state index contributed by atoms with van der Waals surface area (Å²) in [5.74, 6) is 0.563. The van der Waals surface area contributed by atoms with Crippen LogP contribution in [0.1, 0.15) is 0 Å². The fraction of sp³-hybridized carbons (Fsp3) is 0.167. The molecule has 1 N–H and O–H groups in total. The average Bonchev–Trinajstić information content (AvgIpc) is 2.03. The SMILES string of the molecule is CNSOc1cnccc1Cl. The second-order valence-corrected chi connectivity index (χ2v) is 2.83. The molecule has 11 heavy (non-hydrogen) atoms. The lowest BCUT2D eigenvalue weighted by atomic mass is 10.5. The molecule has 0 saturated carbocycles. The van der Waals surface area contributed by atoms with E-state index in [1.54, 1.807) is 25.5 Å². The molecule has 0 fully saturated rings. The highest BCUT2D eigenvalue weighted by atomic mass is 35.5. The van der Waals surface area contributed by atoms with Gasteiger partial charge in [0.2, 0.25) is 0 Å². The predicted octanol–water partition coefficient (Wildman–Crippen LogP) is 1.90. The van der Waals surface area contributed by atoms with Crippen molar-refractivity contribution in [1.29, 1.82) is 0 Å². The van der Waals surface area contributed by atoms with Crippen molar-refractivity contribution in [2.75, 3.05) is 7.05 Å². The third-order valence-corrected chi connectivity index (χ3v) is 1.69. The molecule has 0 aromatic carbocycles. The van der Waals surface area contributed by atoms with E-state index in [4.69, 9.17) is 15.8 Å².